The van der Waals surface area contributed by atoms with Crippen molar-refractivity contribution in [1.82, 2.24) is 10.6 Å². The number of hydrogen-bond donors (Lipinski definition) is 4. The molecule has 1 heterocycles. The van der Waals surface area contributed by atoms with E-state index in [1.807, 2.05) is 0 Å². The van der Waals surface area contributed by atoms with Gasteiger partial charge in [-0.1, -0.05) is 19.3 Å². The van der Waals surface area contributed by atoms with E-state index in [2.05, 4.69) is 10.6 Å². The van der Waals surface area contributed by atoms with Crippen LogP contribution in [0.15, 0.2) is 0 Å². The van der Waals surface area contributed by atoms with E-state index in [0.717, 1.165) is 32.2 Å². The Bertz CT molecular complexity index is 284. The van der Waals surface area contributed by atoms with Crippen molar-refractivity contribution in [2.45, 2.75) is 57.0 Å². The summed E-state index contributed by atoms with van der Waals surface area (Å²) >= 11 is 0. The molecular weight excluding hydrogens is 248 g/mol. The van der Waals surface area contributed by atoms with E-state index in [1.54, 1.807) is 0 Å². The highest BCUT2D eigenvalue weighted by molar-refractivity contribution is 5.73. The fourth-order valence-electron chi connectivity index (χ4n) is 2.43. The SMILES string of the molecule is O=C(O)CNC1CCCCC1.O=C(O)[C@@H]1CCCN1. The lowest BCUT2D eigenvalue weighted by molar-refractivity contribution is -0.139. The van der Waals surface area contributed by atoms with Crippen LogP contribution in [-0.4, -0.2) is 47.3 Å². The van der Waals surface area contributed by atoms with Gasteiger partial charge in [0, 0.05) is 6.04 Å². The van der Waals surface area contributed by atoms with Crippen LogP contribution in [0.4, 0.5) is 0 Å². The first-order chi connectivity index (χ1) is 9.09. The van der Waals surface area contributed by atoms with Gasteiger partial charge < -0.3 is 20.8 Å². The second kappa shape index (κ2) is 8.87. The highest BCUT2D eigenvalue weighted by Crippen LogP contribution is 2.16. The zero-order chi connectivity index (χ0) is 14.1. The van der Waals surface area contributed by atoms with Crippen molar-refractivity contribution in [3.8, 4) is 0 Å². The number of carboxylic acid groups (broad SMARTS) is 2. The van der Waals surface area contributed by atoms with Crippen molar-refractivity contribution in [3.05, 3.63) is 0 Å². The molecule has 19 heavy (non-hydrogen) atoms. The van der Waals surface area contributed by atoms with E-state index in [-0.39, 0.29) is 12.6 Å². The van der Waals surface area contributed by atoms with E-state index in [9.17, 15) is 9.59 Å². The molecule has 1 aliphatic carbocycles. The third-order valence-corrected chi connectivity index (χ3v) is 3.51. The Kier molecular flexibility index (Phi) is 7.43. The van der Waals surface area contributed by atoms with E-state index in [4.69, 9.17) is 10.2 Å². The van der Waals surface area contributed by atoms with Crippen LogP contribution in [0.1, 0.15) is 44.9 Å². The second-order valence-corrected chi connectivity index (χ2v) is 5.10. The molecular formula is C13H24N2O4. The zero-order valence-electron chi connectivity index (χ0n) is 11.2. The van der Waals surface area contributed by atoms with Crippen LogP contribution in [0.3, 0.4) is 0 Å². The summed E-state index contributed by atoms with van der Waals surface area (Å²) in [6.07, 6.45) is 7.88. The van der Waals surface area contributed by atoms with Crippen LogP contribution < -0.4 is 10.6 Å². The summed E-state index contributed by atoms with van der Waals surface area (Å²) in [6, 6.07) is 0.190. The maximum atomic E-state index is 10.2. The second-order valence-electron chi connectivity index (χ2n) is 5.10. The van der Waals surface area contributed by atoms with Crippen molar-refractivity contribution in [2.24, 2.45) is 0 Å². The van der Waals surface area contributed by atoms with Gasteiger partial charge in [-0.3, -0.25) is 9.59 Å². The molecule has 0 aromatic heterocycles. The van der Waals surface area contributed by atoms with Gasteiger partial charge in [0.15, 0.2) is 0 Å². The molecule has 2 rings (SSSR count). The molecule has 1 saturated carbocycles. The van der Waals surface area contributed by atoms with Gasteiger partial charge in [-0.15, -0.1) is 0 Å². The van der Waals surface area contributed by atoms with Gasteiger partial charge in [0.05, 0.1) is 6.54 Å². The summed E-state index contributed by atoms with van der Waals surface area (Å²) in [7, 11) is 0. The third kappa shape index (κ3) is 7.12. The highest BCUT2D eigenvalue weighted by atomic mass is 16.4. The summed E-state index contributed by atoms with van der Waals surface area (Å²) in [6.45, 7) is 0.974. The summed E-state index contributed by atoms with van der Waals surface area (Å²) < 4.78 is 0. The van der Waals surface area contributed by atoms with Crippen LogP contribution in [0.5, 0.6) is 0 Å². The van der Waals surface area contributed by atoms with Gasteiger partial charge in [-0.05, 0) is 32.2 Å². The molecule has 0 aromatic rings. The molecule has 2 fully saturated rings. The average molecular weight is 272 g/mol. The first-order valence-corrected chi connectivity index (χ1v) is 7.01. The number of aliphatic carboxylic acids is 2. The normalized spacial score (nSPS) is 23.5. The molecule has 1 saturated heterocycles. The minimum Gasteiger partial charge on any atom is -0.480 e. The monoisotopic (exact) mass is 272 g/mol. The van der Waals surface area contributed by atoms with Crippen LogP contribution in [0.2, 0.25) is 0 Å². The van der Waals surface area contributed by atoms with Crippen molar-refractivity contribution in [1.29, 1.82) is 0 Å². The molecule has 6 nitrogen and oxygen atoms in total. The minimum atomic E-state index is -0.754. The molecule has 0 amide bonds. The number of carboxylic acids is 2. The van der Waals surface area contributed by atoms with Crippen LogP contribution in [-0.2, 0) is 9.59 Å². The molecule has 6 heteroatoms. The molecule has 110 valence electrons. The topological polar surface area (TPSA) is 98.7 Å². The number of hydrogen-bond acceptors (Lipinski definition) is 4. The van der Waals surface area contributed by atoms with Crippen molar-refractivity contribution < 1.29 is 19.8 Å². The summed E-state index contributed by atoms with van der Waals surface area (Å²) in [5.41, 5.74) is 0. The average Bonchev–Trinajstić information content (AvgIpc) is 2.92. The van der Waals surface area contributed by atoms with E-state index >= 15 is 0 Å². The smallest absolute Gasteiger partial charge is 0.320 e. The molecule has 1 atom stereocenters. The molecule has 0 bridgehead atoms. The third-order valence-electron chi connectivity index (χ3n) is 3.51. The Morgan fingerprint density at radius 2 is 1.74 bits per heavy atom. The van der Waals surface area contributed by atoms with E-state index in [0.29, 0.717) is 6.04 Å². The summed E-state index contributed by atoms with van der Waals surface area (Å²) in [5.74, 6) is -1.47. The Hall–Kier alpha value is -1.14. The molecule has 0 aromatic carbocycles. The lowest BCUT2D eigenvalue weighted by Crippen LogP contribution is -2.34. The quantitative estimate of drug-likeness (QED) is 0.604. The van der Waals surface area contributed by atoms with Crippen molar-refractivity contribution in [2.75, 3.05) is 13.1 Å². The lowest BCUT2D eigenvalue weighted by Gasteiger charge is -2.21. The largest absolute Gasteiger partial charge is 0.480 e. The predicted octanol–water partition coefficient (Wildman–Crippen LogP) is 0.816. The number of carbonyl (C=O) groups is 2. The first-order valence-electron chi connectivity index (χ1n) is 7.01. The predicted molar refractivity (Wildman–Crippen MR) is 71.2 cm³/mol. The number of nitrogens with one attached hydrogen (secondary N) is 2. The van der Waals surface area contributed by atoms with Crippen LogP contribution in [0.25, 0.3) is 0 Å². The molecule has 0 unspecified atom stereocenters. The Morgan fingerprint density at radius 3 is 2.16 bits per heavy atom. The molecule has 0 spiro atoms. The van der Waals surface area contributed by atoms with Gasteiger partial charge in [-0.2, -0.15) is 0 Å². The highest BCUT2D eigenvalue weighted by Gasteiger charge is 2.20. The maximum Gasteiger partial charge on any atom is 0.320 e. The molecule has 4 N–H and O–H groups in total. The van der Waals surface area contributed by atoms with Crippen molar-refractivity contribution in [3.63, 3.8) is 0 Å². The maximum absolute atomic E-state index is 10.2. The van der Waals surface area contributed by atoms with Gasteiger partial charge in [0.25, 0.3) is 0 Å². The number of rotatable bonds is 4. The standard InChI is InChI=1S/C8H15NO2.C5H9NO2/c10-8(11)6-9-7-4-2-1-3-5-7;7-5(8)4-2-1-3-6-4/h7,9H,1-6H2,(H,10,11);4,6H,1-3H2,(H,7,8)/t;4-/m.0/s1. The Balaban J connectivity index is 0.000000200. The van der Waals surface area contributed by atoms with Crippen LogP contribution in [0, 0.1) is 0 Å². The molecule has 2 aliphatic rings. The van der Waals surface area contributed by atoms with Crippen molar-refractivity contribution >= 4 is 11.9 Å². The van der Waals surface area contributed by atoms with Gasteiger partial charge >= 0.3 is 11.9 Å². The van der Waals surface area contributed by atoms with Gasteiger partial charge in [-0.25, -0.2) is 0 Å². The fourth-order valence-corrected chi connectivity index (χ4v) is 2.43. The summed E-state index contributed by atoms with van der Waals surface area (Å²) in [4.78, 5) is 20.3. The first kappa shape index (κ1) is 15.9. The zero-order valence-corrected chi connectivity index (χ0v) is 11.2. The van der Waals surface area contributed by atoms with Gasteiger partial charge in [0.1, 0.15) is 6.04 Å². The van der Waals surface area contributed by atoms with E-state index < -0.39 is 11.9 Å². The Labute approximate surface area is 113 Å². The Morgan fingerprint density at radius 1 is 1.05 bits per heavy atom. The van der Waals surface area contributed by atoms with Crippen LogP contribution >= 0.6 is 0 Å². The lowest BCUT2D eigenvalue weighted by atomic mass is 9.96. The van der Waals surface area contributed by atoms with Gasteiger partial charge in [0.2, 0.25) is 0 Å². The minimum absolute atomic E-state index is 0.116. The molecule has 0 radical (unpaired) electrons. The van der Waals surface area contributed by atoms with E-state index in [1.165, 1.54) is 19.3 Å². The summed E-state index contributed by atoms with van der Waals surface area (Å²) in [5, 5.41) is 22.6. The molecule has 1 aliphatic heterocycles. The fraction of sp³-hybridized carbons (Fsp3) is 0.846.